The second kappa shape index (κ2) is 6.61. The average molecular weight is 328 g/mol. The third kappa shape index (κ3) is 3.48. The van der Waals surface area contributed by atoms with Gasteiger partial charge in [-0.1, -0.05) is 0 Å². The van der Waals surface area contributed by atoms with Crippen LogP contribution < -0.4 is 15.5 Å². The number of aryl methyl sites for hydroxylation is 1. The summed E-state index contributed by atoms with van der Waals surface area (Å²) in [7, 11) is 5.60. The lowest BCUT2D eigenvalue weighted by molar-refractivity contribution is 0.252. The van der Waals surface area contributed by atoms with E-state index in [0.29, 0.717) is 23.8 Å². The van der Waals surface area contributed by atoms with E-state index < -0.39 is 0 Å². The molecule has 24 heavy (non-hydrogen) atoms. The second-order valence-electron chi connectivity index (χ2n) is 5.65. The van der Waals surface area contributed by atoms with E-state index in [1.807, 2.05) is 33.3 Å². The molecule has 0 aliphatic heterocycles. The molecule has 2 heterocycles. The minimum Gasteiger partial charge on any atom is -0.423 e. The molecular weight excluding hydrogens is 308 g/mol. The van der Waals surface area contributed by atoms with Gasteiger partial charge in [0, 0.05) is 57.8 Å². The van der Waals surface area contributed by atoms with E-state index >= 15 is 0 Å². The number of nitrogens with one attached hydrogen (secondary N) is 2. The highest BCUT2D eigenvalue weighted by Gasteiger charge is 2.09. The van der Waals surface area contributed by atoms with Gasteiger partial charge in [-0.25, -0.2) is 4.79 Å². The van der Waals surface area contributed by atoms with Gasteiger partial charge in [0.2, 0.25) is 0 Å². The Morgan fingerprint density at radius 3 is 2.88 bits per heavy atom. The van der Waals surface area contributed by atoms with Gasteiger partial charge in [0.15, 0.2) is 5.58 Å². The van der Waals surface area contributed by atoms with Crippen LogP contribution in [0.25, 0.3) is 11.1 Å². The molecule has 0 bridgehead atoms. The van der Waals surface area contributed by atoms with Gasteiger partial charge >= 0.3 is 6.03 Å². The maximum atomic E-state index is 12.0. The zero-order valence-electron chi connectivity index (χ0n) is 13.9. The summed E-state index contributed by atoms with van der Waals surface area (Å²) >= 11 is 0. The number of carbonyl (C=O) groups is 1. The first-order valence-corrected chi connectivity index (χ1v) is 7.62. The van der Waals surface area contributed by atoms with Crippen molar-refractivity contribution in [1.29, 1.82) is 0 Å². The molecule has 2 N–H and O–H groups in total. The molecule has 1 aromatic carbocycles. The van der Waals surface area contributed by atoms with Gasteiger partial charge in [-0.05, 0) is 18.2 Å². The number of carbonyl (C=O) groups excluding carboxylic acids is 1. The third-order valence-corrected chi connectivity index (χ3v) is 3.61. The number of benzene rings is 1. The largest absolute Gasteiger partial charge is 0.423 e. The Balaban J connectivity index is 1.57. The minimum absolute atomic E-state index is 0.260. The first kappa shape index (κ1) is 15.9. The lowest BCUT2D eigenvalue weighted by Gasteiger charge is -2.07. The molecule has 0 fully saturated rings. The number of fused-ring (bicyclic) bond motifs is 1. The SMILES string of the molecule is CN(C)c1nc2ccc(NC(=O)NCCc3ccnn3C)cc2o1. The number of oxazole rings is 1. The molecule has 0 spiro atoms. The van der Waals surface area contributed by atoms with Crippen LogP contribution in [-0.4, -0.2) is 41.4 Å². The number of hydrogen-bond donors (Lipinski definition) is 2. The number of nitrogens with zero attached hydrogens (tertiary/aromatic N) is 4. The number of amides is 2. The summed E-state index contributed by atoms with van der Waals surface area (Å²) in [4.78, 5) is 18.1. The number of urea groups is 1. The fourth-order valence-corrected chi connectivity index (χ4v) is 2.31. The Bertz CT molecular complexity index is 851. The smallest absolute Gasteiger partial charge is 0.319 e. The van der Waals surface area contributed by atoms with E-state index in [4.69, 9.17) is 4.42 Å². The van der Waals surface area contributed by atoms with Crippen molar-refractivity contribution in [2.24, 2.45) is 7.05 Å². The number of hydrogen-bond acceptors (Lipinski definition) is 5. The molecule has 0 aliphatic carbocycles. The highest BCUT2D eigenvalue weighted by Crippen LogP contribution is 2.23. The predicted octanol–water partition coefficient (Wildman–Crippen LogP) is 1.99. The second-order valence-corrected chi connectivity index (χ2v) is 5.65. The molecule has 0 radical (unpaired) electrons. The normalized spacial score (nSPS) is 10.8. The summed E-state index contributed by atoms with van der Waals surface area (Å²) < 4.78 is 7.42. The van der Waals surface area contributed by atoms with Crippen LogP contribution in [0.15, 0.2) is 34.9 Å². The average Bonchev–Trinajstić information content (AvgIpc) is 3.13. The first-order valence-electron chi connectivity index (χ1n) is 7.62. The van der Waals surface area contributed by atoms with Crippen LogP contribution in [0.3, 0.4) is 0 Å². The van der Waals surface area contributed by atoms with Crippen LogP contribution in [0.4, 0.5) is 16.5 Å². The van der Waals surface area contributed by atoms with E-state index in [1.54, 1.807) is 27.9 Å². The first-order chi connectivity index (χ1) is 11.5. The fraction of sp³-hybridized carbons (Fsp3) is 0.312. The van der Waals surface area contributed by atoms with Crippen molar-refractivity contribution in [3.05, 3.63) is 36.2 Å². The maximum absolute atomic E-state index is 12.0. The molecular formula is C16H20N6O2. The highest BCUT2D eigenvalue weighted by atomic mass is 16.4. The van der Waals surface area contributed by atoms with Crippen molar-refractivity contribution in [3.63, 3.8) is 0 Å². The molecule has 0 saturated carbocycles. The topological polar surface area (TPSA) is 88.2 Å². The van der Waals surface area contributed by atoms with E-state index in [2.05, 4.69) is 20.7 Å². The Morgan fingerprint density at radius 2 is 2.17 bits per heavy atom. The highest BCUT2D eigenvalue weighted by molar-refractivity contribution is 5.91. The molecule has 3 aromatic rings. The Hall–Kier alpha value is -3.03. The molecule has 2 aromatic heterocycles. The Labute approximate surface area is 139 Å². The quantitative estimate of drug-likeness (QED) is 0.748. The van der Waals surface area contributed by atoms with Crippen LogP contribution in [0.5, 0.6) is 0 Å². The minimum atomic E-state index is -0.260. The molecule has 2 amide bonds. The van der Waals surface area contributed by atoms with Crippen molar-refractivity contribution >= 4 is 28.8 Å². The Morgan fingerprint density at radius 1 is 1.33 bits per heavy atom. The van der Waals surface area contributed by atoms with Gasteiger partial charge in [0.1, 0.15) is 5.52 Å². The Kier molecular flexibility index (Phi) is 4.37. The summed E-state index contributed by atoms with van der Waals surface area (Å²) in [5.74, 6) is 0. The van der Waals surface area contributed by atoms with E-state index in [-0.39, 0.29) is 6.03 Å². The van der Waals surface area contributed by atoms with Crippen LogP contribution in [0.2, 0.25) is 0 Å². The van der Waals surface area contributed by atoms with Crippen LogP contribution in [0.1, 0.15) is 5.69 Å². The third-order valence-electron chi connectivity index (χ3n) is 3.61. The molecule has 8 heteroatoms. The number of rotatable bonds is 5. The van der Waals surface area contributed by atoms with Gasteiger partial charge in [0.25, 0.3) is 6.01 Å². The molecule has 126 valence electrons. The van der Waals surface area contributed by atoms with Crippen molar-refractivity contribution in [2.45, 2.75) is 6.42 Å². The van der Waals surface area contributed by atoms with Gasteiger partial charge in [-0.3, -0.25) is 4.68 Å². The van der Waals surface area contributed by atoms with Crippen molar-refractivity contribution in [1.82, 2.24) is 20.1 Å². The number of aromatic nitrogens is 3. The summed E-state index contributed by atoms with van der Waals surface area (Å²) in [6.45, 7) is 0.528. The van der Waals surface area contributed by atoms with Crippen LogP contribution in [0, 0.1) is 0 Å². The number of anilines is 2. The van der Waals surface area contributed by atoms with Crippen molar-refractivity contribution < 1.29 is 9.21 Å². The van der Waals surface area contributed by atoms with Gasteiger partial charge in [-0.2, -0.15) is 10.1 Å². The van der Waals surface area contributed by atoms with Crippen LogP contribution in [-0.2, 0) is 13.5 Å². The fourth-order valence-electron chi connectivity index (χ4n) is 2.31. The molecule has 3 rings (SSSR count). The summed E-state index contributed by atoms with van der Waals surface area (Å²) in [6, 6.07) is 7.57. The van der Waals surface area contributed by atoms with Crippen LogP contribution >= 0.6 is 0 Å². The summed E-state index contributed by atoms with van der Waals surface area (Å²) in [6.07, 6.45) is 2.46. The molecule has 0 aliphatic rings. The monoisotopic (exact) mass is 328 g/mol. The van der Waals surface area contributed by atoms with Gasteiger partial charge in [0.05, 0.1) is 0 Å². The molecule has 0 saturated heterocycles. The molecule has 0 atom stereocenters. The van der Waals surface area contributed by atoms with E-state index in [0.717, 1.165) is 17.6 Å². The summed E-state index contributed by atoms with van der Waals surface area (Å²) in [5.41, 5.74) is 3.10. The zero-order valence-corrected chi connectivity index (χ0v) is 13.9. The van der Waals surface area contributed by atoms with Gasteiger partial charge < -0.3 is 20.0 Å². The van der Waals surface area contributed by atoms with E-state index in [9.17, 15) is 4.79 Å². The lowest BCUT2D eigenvalue weighted by atomic mass is 10.3. The standard InChI is InChI=1S/C16H20N6O2/c1-21(2)16-20-13-5-4-11(10-14(13)24-16)19-15(23)17-8-6-12-7-9-18-22(12)3/h4-5,7,9-10H,6,8H2,1-3H3,(H2,17,19,23). The van der Waals surface area contributed by atoms with Gasteiger partial charge in [-0.15, -0.1) is 0 Å². The zero-order chi connectivity index (χ0) is 17.1. The van der Waals surface area contributed by atoms with Crippen molar-refractivity contribution in [3.8, 4) is 0 Å². The van der Waals surface area contributed by atoms with Crippen molar-refractivity contribution in [2.75, 3.05) is 30.9 Å². The van der Waals surface area contributed by atoms with E-state index in [1.165, 1.54) is 0 Å². The predicted molar refractivity (Wildman–Crippen MR) is 92.3 cm³/mol. The summed E-state index contributed by atoms with van der Waals surface area (Å²) in [5, 5.41) is 9.71. The maximum Gasteiger partial charge on any atom is 0.319 e. The molecule has 8 nitrogen and oxygen atoms in total. The molecule has 0 unspecified atom stereocenters. The lowest BCUT2D eigenvalue weighted by Crippen LogP contribution is -2.30.